The van der Waals surface area contributed by atoms with Crippen molar-refractivity contribution in [2.45, 2.75) is 20.3 Å². The zero-order chi connectivity index (χ0) is 19.5. The largest absolute Gasteiger partial charge is 0.293 e. The number of pyridine rings is 1. The van der Waals surface area contributed by atoms with Gasteiger partial charge in [-0.05, 0) is 38.1 Å². The van der Waals surface area contributed by atoms with Crippen molar-refractivity contribution < 1.29 is 4.79 Å². The van der Waals surface area contributed by atoms with Crippen LogP contribution in [0, 0.1) is 13.8 Å². The number of carbonyl (C=O) groups excluding carboxylic acids is 1. The number of amides is 1. The van der Waals surface area contributed by atoms with Gasteiger partial charge >= 0.3 is 0 Å². The molecule has 4 aromatic rings. The Hall–Kier alpha value is -3.81. The molecule has 0 aliphatic rings. The summed E-state index contributed by atoms with van der Waals surface area (Å²) >= 11 is 0. The normalized spacial score (nSPS) is 10.8. The molecule has 140 valence electrons. The van der Waals surface area contributed by atoms with E-state index in [0.717, 1.165) is 22.6 Å². The van der Waals surface area contributed by atoms with E-state index in [1.54, 1.807) is 6.20 Å². The Morgan fingerprint density at radius 2 is 1.89 bits per heavy atom. The summed E-state index contributed by atoms with van der Waals surface area (Å²) in [6.07, 6.45) is 1.87. The van der Waals surface area contributed by atoms with E-state index in [-0.39, 0.29) is 18.3 Å². The minimum absolute atomic E-state index is 0.192. The molecule has 0 aliphatic heterocycles. The molecule has 0 fully saturated rings. The summed E-state index contributed by atoms with van der Waals surface area (Å²) in [5.74, 6) is 0.516. The highest BCUT2D eigenvalue weighted by Gasteiger charge is 2.17. The highest BCUT2D eigenvalue weighted by molar-refractivity contribution is 5.91. The van der Waals surface area contributed by atoms with Crippen molar-refractivity contribution in [1.29, 1.82) is 0 Å². The molecular formula is C20H19N7O. The van der Waals surface area contributed by atoms with Crippen LogP contribution in [-0.4, -0.2) is 35.9 Å². The third kappa shape index (κ3) is 3.52. The van der Waals surface area contributed by atoms with Crippen LogP contribution in [0.3, 0.4) is 0 Å². The van der Waals surface area contributed by atoms with Gasteiger partial charge in [0.05, 0.1) is 17.8 Å². The first-order valence-corrected chi connectivity index (χ1v) is 8.86. The van der Waals surface area contributed by atoms with Crippen LogP contribution < -0.4 is 5.32 Å². The summed E-state index contributed by atoms with van der Waals surface area (Å²) in [6.45, 7) is 3.86. The Morgan fingerprint density at radius 1 is 1.11 bits per heavy atom. The lowest BCUT2D eigenvalue weighted by Gasteiger charge is -2.05. The van der Waals surface area contributed by atoms with Gasteiger partial charge in [-0.3, -0.25) is 20.2 Å². The van der Waals surface area contributed by atoms with E-state index < -0.39 is 0 Å². The van der Waals surface area contributed by atoms with Crippen molar-refractivity contribution in [3.63, 3.8) is 0 Å². The van der Waals surface area contributed by atoms with Crippen LogP contribution in [0.15, 0.2) is 54.7 Å². The van der Waals surface area contributed by atoms with Crippen molar-refractivity contribution in [2.24, 2.45) is 0 Å². The van der Waals surface area contributed by atoms with Crippen molar-refractivity contribution >= 4 is 11.9 Å². The number of aromatic amines is 1. The Kier molecular flexibility index (Phi) is 4.67. The number of nitrogens with one attached hydrogen (secondary N) is 2. The molecule has 1 aromatic carbocycles. The van der Waals surface area contributed by atoms with Crippen LogP contribution >= 0.6 is 0 Å². The summed E-state index contributed by atoms with van der Waals surface area (Å²) in [5, 5.41) is 14.1. The Balaban J connectivity index is 1.49. The molecular weight excluding hydrogens is 354 g/mol. The van der Waals surface area contributed by atoms with Gasteiger partial charge in [0, 0.05) is 17.5 Å². The molecule has 8 nitrogen and oxygen atoms in total. The average molecular weight is 373 g/mol. The van der Waals surface area contributed by atoms with Gasteiger partial charge in [-0.25, -0.2) is 4.68 Å². The van der Waals surface area contributed by atoms with Crippen LogP contribution in [-0.2, 0) is 11.2 Å². The van der Waals surface area contributed by atoms with E-state index in [0.29, 0.717) is 11.5 Å². The molecule has 0 unspecified atom stereocenters. The third-order valence-electron chi connectivity index (χ3n) is 4.42. The number of aryl methyl sites for hydroxylation is 1. The predicted octanol–water partition coefficient (Wildman–Crippen LogP) is 2.85. The Morgan fingerprint density at radius 3 is 2.64 bits per heavy atom. The number of rotatable bonds is 5. The second-order valence-corrected chi connectivity index (χ2v) is 6.34. The van der Waals surface area contributed by atoms with Crippen molar-refractivity contribution in [3.8, 4) is 17.2 Å². The number of aromatic nitrogens is 6. The molecule has 2 N–H and O–H groups in total. The first-order chi connectivity index (χ1) is 13.6. The zero-order valence-corrected chi connectivity index (χ0v) is 15.5. The number of carbonyl (C=O) groups is 1. The Labute approximate surface area is 161 Å². The number of hydrogen-bond acceptors (Lipinski definition) is 5. The molecule has 0 radical (unpaired) electrons. The summed E-state index contributed by atoms with van der Waals surface area (Å²) in [6, 6.07) is 15.3. The van der Waals surface area contributed by atoms with Crippen molar-refractivity contribution in [3.05, 3.63) is 71.7 Å². The third-order valence-corrected chi connectivity index (χ3v) is 4.42. The molecule has 0 bridgehead atoms. The summed E-state index contributed by atoms with van der Waals surface area (Å²) in [5.41, 5.74) is 4.26. The van der Waals surface area contributed by atoms with Gasteiger partial charge in [0.1, 0.15) is 5.69 Å². The van der Waals surface area contributed by atoms with Gasteiger partial charge < -0.3 is 0 Å². The zero-order valence-electron chi connectivity index (χ0n) is 15.5. The van der Waals surface area contributed by atoms with E-state index in [4.69, 9.17) is 0 Å². The SMILES string of the molecule is Cc1nn(-c2ccccc2)c(C)c1CC(=O)Nc1n[nH]c(-c2ccccn2)n1. The number of benzene rings is 1. The van der Waals surface area contributed by atoms with Crippen LogP contribution in [0.4, 0.5) is 5.95 Å². The minimum atomic E-state index is -0.203. The van der Waals surface area contributed by atoms with Gasteiger partial charge in [-0.15, -0.1) is 5.10 Å². The van der Waals surface area contributed by atoms with Gasteiger partial charge in [0.15, 0.2) is 5.82 Å². The monoisotopic (exact) mass is 373 g/mol. The minimum Gasteiger partial charge on any atom is -0.293 e. The van der Waals surface area contributed by atoms with Crippen LogP contribution in [0.25, 0.3) is 17.2 Å². The fourth-order valence-corrected chi connectivity index (χ4v) is 3.02. The summed E-state index contributed by atoms with van der Waals surface area (Å²) in [7, 11) is 0. The first-order valence-electron chi connectivity index (χ1n) is 8.86. The maximum atomic E-state index is 12.5. The average Bonchev–Trinajstić information content (AvgIpc) is 3.29. The molecule has 8 heteroatoms. The molecule has 3 heterocycles. The topological polar surface area (TPSA) is 101 Å². The van der Waals surface area contributed by atoms with E-state index in [2.05, 4.69) is 30.6 Å². The lowest BCUT2D eigenvalue weighted by molar-refractivity contribution is -0.115. The fourth-order valence-electron chi connectivity index (χ4n) is 3.02. The van der Waals surface area contributed by atoms with Gasteiger partial charge in [-0.2, -0.15) is 10.1 Å². The maximum Gasteiger partial charge on any atom is 0.249 e. The summed E-state index contributed by atoms with van der Waals surface area (Å²) in [4.78, 5) is 21.0. The van der Waals surface area contributed by atoms with E-state index >= 15 is 0 Å². The molecule has 0 aliphatic carbocycles. The highest BCUT2D eigenvalue weighted by Crippen LogP contribution is 2.19. The molecule has 0 atom stereocenters. The smallest absolute Gasteiger partial charge is 0.249 e. The quantitative estimate of drug-likeness (QED) is 0.560. The number of hydrogen-bond donors (Lipinski definition) is 2. The lowest BCUT2D eigenvalue weighted by Crippen LogP contribution is -2.16. The molecule has 0 saturated heterocycles. The Bertz CT molecular complexity index is 1100. The molecule has 0 saturated carbocycles. The first kappa shape index (κ1) is 17.6. The van der Waals surface area contributed by atoms with Crippen LogP contribution in [0.2, 0.25) is 0 Å². The summed E-state index contributed by atoms with van der Waals surface area (Å²) < 4.78 is 1.85. The lowest BCUT2D eigenvalue weighted by atomic mass is 10.1. The van der Waals surface area contributed by atoms with E-state index in [1.165, 1.54) is 0 Å². The second-order valence-electron chi connectivity index (χ2n) is 6.34. The fraction of sp³-hybridized carbons (Fsp3) is 0.150. The number of anilines is 1. The number of nitrogens with zero attached hydrogens (tertiary/aromatic N) is 5. The van der Waals surface area contributed by atoms with Gasteiger partial charge in [0.2, 0.25) is 11.9 Å². The number of para-hydroxylation sites is 1. The molecule has 1 amide bonds. The predicted molar refractivity (Wildman–Crippen MR) is 105 cm³/mol. The highest BCUT2D eigenvalue weighted by atomic mass is 16.1. The molecule has 3 aromatic heterocycles. The standard InChI is InChI=1S/C20H19N7O/c1-13-16(14(2)27(26-13)15-8-4-3-5-9-15)12-18(28)22-20-23-19(24-25-20)17-10-6-7-11-21-17/h3-11H,12H2,1-2H3,(H2,22,23,24,25,28). The number of H-pyrrole nitrogens is 1. The van der Waals surface area contributed by atoms with Crippen LogP contribution in [0.1, 0.15) is 17.0 Å². The van der Waals surface area contributed by atoms with Crippen molar-refractivity contribution in [1.82, 2.24) is 29.9 Å². The van der Waals surface area contributed by atoms with E-state index in [9.17, 15) is 4.79 Å². The molecule has 4 rings (SSSR count). The van der Waals surface area contributed by atoms with E-state index in [1.807, 2.05) is 67.1 Å². The maximum absolute atomic E-state index is 12.5. The van der Waals surface area contributed by atoms with Crippen LogP contribution in [0.5, 0.6) is 0 Å². The second kappa shape index (κ2) is 7.43. The van der Waals surface area contributed by atoms with Gasteiger partial charge in [0.25, 0.3) is 0 Å². The molecule has 28 heavy (non-hydrogen) atoms. The molecule has 0 spiro atoms. The van der Waals surface area contributed by atoms with Gasteiger partial charge in [-0.1, -0.05) is 24.3 Å². The van der Waals surface area contributed by atoms with Crippen molar-refractivity contribution in [2.75, 3.05) is 5.32 Å².